The molecule has 0 aromatic carbocycles. The van der Waals surface area contributed by atoms with Crippen molar-refractivity contribution in [2.45, 2.75) is 38.4 Å². The molecule has 116 valence electrons. The van der Waals surface area contributed by atoms with Crippen LogP contribution in [0.2, 0.25) is 0 Å². The molecule has 0 N–H and O–H groups in total. The minimum absolute atomic E-state index is 0.335. The van der Waals surface area contributed by atoms with Crippen LogP contribution in [0.5, 0.6) is 0 Å². The van der Waals surface area contributed by atoms with Gasteiger partial charge in [0.25, 0.3) is 0 Å². The predicted octanol–water partition coefficient (Wildman–Crippen LogP) is 3.08. The number of rotatable bonds is 1. The van der Waals surface area contributed by atoms with Crippen LogP contribution in [0, 0.1) is 6.92 Å². The van der Waals surface area contributed by atoms with Crippen LogP contribution in [-0.2, 0) is 6.18 Å². The number of halogens is 3. The highest BCUT2D eigenvalue weighted by Gasteiger charge is 2.34. The molecule has 2 saturated heterocycles. The summed E-state index contributed by atoms with van der Waals surface area (Å²) < 4.78 is 38.8. The SMILES string of the molecule is Cc1ncc(C(F)(F)F)cc1N1CCN2CCCC1CC2. The van der Waals surface area contributed by atoms with Crippen molar-refractivity contribution in [1.29, 1.82) is 0 Å². The first-order valence-electron chi connectivity index (χ1n) is 7.48. The van der Waals surface area contributed by atoms with E-state index in [0.29, 0.717) is 17.4 Å². The number of alkyl halides is 3. The molecule has 6 heteroatoms. The van der Waals surface area contributed by atoms with Gasteiger partial charge in [0.1, 0.15) is 0 Å². The maximum Gasteiger partial charge on any atom is 0.417 e. The molecule has 2 bridgehead atoms. The highest BCUT2D eigenvalue weighted by Crippen LogP contribution is 2.34. The van der Waals surface area contributed by atoms with Crippen LogP contribution in [0.1, 0.15) is 30.5 Å². The van der Waals surface area contributed by atoms with E-state index in [1.54, 1.807) is 6.92 Å². The first kappa shape index (κ1) is 14.6. The molecular formula is C15H20F3N3. The Bertz CT molecular complexity index is 515. The van der Waals surface area contributed by atoms with Gasteiger partial charge in [-0.05, 0) is 38.8 Å². The van der Waals surface area contributed by atoms with Gasteiger partial charge in [0, 0.05) is 31.9 Å². The van der Waals surface area contributed by atoms with Crippen molar-refractivity contribution in [3.05, 3.63) is 23.5 Å². The predicted molar refractivity (Wildman–Crippen MR) is 75.4 cm³/mol. The summed E-state index contributed by atoms with van der Waals surface area (Å²) in [5.41, 5.74) is 0.681. The highest BCUT2D eigenvalue weighted by atomic mass is 19.4. The van der Waals surface area contributed by atoms with Crippen molar-refractivity contribution in [3.63, 3.8) is 0 Å². The van der Waals surface area contributed by atoms with Gasteiger partial charge >= 0.3 is 6.18 Å². The zero-order chi connectivity index (χ0) is 15.0. The van der Waals surface area contributed by atoms with Gasteiger partial charge in [0.2, 0.25) is 0 Å². The van der Waals surface area contributed by atoms with Gasteiger partial charge < -0.3 is 9.80 Å². The minimum atomic E-state index is -4.33. The van der Waals surface area contributed by atoms with E-state index in [1.807, 2.05) is 0 Å². The highest BCUT2D eigenvalue weighted by molar-refractivity contribution is 5.53. The van der Waals surface area contributed by atoms with Crippen molar-refractivity contribution in [3.8, 4) is 0 Å². The van der Waals surface area contributed by atoms with Gasteiger partial charge in [-0.1, -0.05) is 0 Å². The molecule has 3 rings (SSSR count). The van der Waals surface area contributed by atoms with Crippen LogP contribution >= 0.6 is 0 Å². The Morgan fingerprint density at radius 2 is 1.95 bits per heavy atom. The number of hydrogen-bond donors (Lipinski definition) is 0. The molecule has 2 fully saturated rings. The zero-order valence-corrected chi connectivity index (χ0v) is 12.2. The van der Waals surface area contributed by atoms with Crippen molar-refractivity contribution in [1.82, 2.24) is 9.88 Å². The number of nitrogens with zero attached hydrogens (tertiary/aromatic N) is 3. The Kier molecular flexibility index (Phi) is 3.82. The van der Waals surface area contributed by atoms with Gasteiger partial charge in [-0.2, -0.15) is 13.2 Å². The van der Waals surface area contributed by atoms with E-state index in [1.165, 1.54) is 6.07 Å². The fourth-order valence-corrected chi connectivity index (χ4v) is 3.39. The summed E-state index contributed by atoms with van der Waals surface area (Å²) in [5, 5.41) is 0. The molecule has 0 radical (unpaired) electrons. The molecule has 0 aliphatic carbocycles. The third-order valence-corrected chi connectivity index (χ3v) is 4.59. The molecule has 3 nitrogen and oxygen atoms in total. The fraction of sp³-hybridized carbons (Fsp3) is 0.667. The number of aryl methyl sites for hydroxylation is 1. The van der Waals surface area contributed by atoms with Crippen molar-refractivity contribution in [2.75, 3.05) is 31.1 Å². The molecule has 3 heterocycles. The van der Waals surface area contributed by atoms with Crippen molar-refractivity contribution < 1.29 is 13.2 Å². The second-order valence-electron chi connectivity index (χ2n) is 5.95. The molecule has 0 amide bonds. The average molecular weight is 299 g/mol. The Hall–Kier alpha value is -1.30. The summed E-state index contributed by atoms with van der Waals surface area (Å²) in [6.45, 7) is 5.67. The lowest BCUT2D eigenvalue weighted by Gasteiger charge is -2.34. The number of hydrogen-bond acceptors (Lipinski definition) is 3. The molecule has 2 aliphatic rings. The van der Waals surface area contributed by atoms with Crippen LogP contribution in [-0.4, -0.2) is 42.1 Å². The monoisotopic (exact) mass is 299 g/mol. The van der Waals surface area contributed by atoms with Gasteiger partial charge in [0.15, 0.2) is 0 Å². The number of aromatic nitrogens is 1. The van der Waals surface area contributed by atoms with Crippen LogP contribution in [0.25, 0.3) is 0 Å². The smallest absolute Gasteiger partial charge is 0.366 e. The first-order valence-corrected chi connectivity index (χ1v) is 7.48. The Morgan fingerprint density at radius 3 is 2.71 bits per heavy atom. The summed E-state index contributed by atoms with van der Waals surface area (Å²) >= 11 is 0. The lowest BCUT2D eigenvalue weighted by Crippen LogP contribution is -2.39. The maximum absolute atomic E-state index is 12.9. The van der Waals surface area contributed by atoms with E-state index in [9.17, 15) is 13.2 Å². The van der Waals surface area contributed by atoms with E-state index < -0.39 is 11.7 Å². The lowest BCUT2D eigenvalue weighted by molar-refractivity contribution is -0.137. The quantitative estimate of drug-likeness (QED) is 0.794. The van der Waals surface area contributed by atoms with Crippen LogP contribution in [0.4, 0.5) is 18.9 Å². The molecule has 1 aromatic rings. The van der Waals surface area contributed by atoms with Gasteiger partial charge in [-0.15, -0.1) is 0 Å². The second kappa shape index (κ2) is 5.48. The molecule has 0 saturated carbocycles. The molecule has 2 unspecified atom stereocenters. The van der Waals surface area contributed by atoms with E-state index >= 15 is 0 Å². The van der Waals surface area contributed by atoms with Crippen molar-refractivity contribution in [2.24, 2.45) is 0 Å². The summed E-state index contributed by atoms with van der Waals surface area (Å²) in [4.78, 5) is 8.54. The number of fused-ring (bicyclic) bond motifs is 3. The maximum atomic E-state index is 12.9. The third-order valence-electron chi connectivity index (χ3n) is 4.59. The number of pyridine rings is 1. The standard InChI is InChI=1S/C15H20F3N3/c1-11-14(9-12(10-19-11)15(16,17)18)21-8-7-20-5-2-3-13(21)4-6-20/h9-10,13H,2-8H2,1H3. The largest absolute Gasteiger partial charge is 0.417 e. The minimum Gasteiger partial charge on any atom is -0.366 e. The molecule has 2 atom stereocenters. The van der Waals surface area contributed by atoms with Crippen LogP contribution in [0.15, 0.2) is 12.3 Å². The fourth-order valence-electron chi connectivity index (χ4n) is 3.39. The average Bonchev–Trinajstić information content (AvgIpc) is 2.73. The van der Waals surface area contributed by atoms with E-state index in [-0.39, 0.29) is 0 Å². The lowest BCUT2D eigenvalue weighted by atomic mass is 10.1. The van der Waals surface area contributed by atoms with Gasteiger partial charge in [-0.25, -0.2) is 0 Å². The third kappa shape index (κ3) is 3.00. The van der Waals surface area contributed by atoms with E-state index in [0.717, 1.165) is 51.6 Å². The molecule has 21 heavy (non-hydrogen) atoms. The Balaban J connectivity index is 1.95. The van der Waals surface area contributed by atoms with Gasteiger partial charge in [-0.3, -0.25) is 4.98 Å². The van der Waals surface area contributed by atoms with Crippen LogP contribution in [0.3, 0.4) is 0 Å². The normalized spacial score (nSPS) is 26.6. The van der Waals surface area contributed by atoms with Crippen LogP contribution < -0.4 is 4.90 Å². The van der Waals surface area contributed by atoms with E-state index in [4.69, 9.17) is 0 Å². The number of anilines is 1. The topological polar surface area (TPSA) is 19.4 Å². The summed E-state index contributed by atoms with van der Waals surface area (Å²) in [7, 11) is 0. The Labute approximate surface area is 122 Å². The molecule has 0 spiro atoms. The summed E-state index contributed by atoms with van der Waals surface area (Å²) in [6.07, 6.45) is -0.210. The summed E-state index contributed by atoms with van der Waals surface area (Å²) in [5.74, 6) is 0. The van der Waals surface area contributed by atoms with Crippen molar-refractivity contribution >= 4 is 5.69 Å². The summed E-state index contributed by atoms with van der Waals surface area (Å²) in [6, 6.07) is 1.61. The molecule has 2 aliphatic heterocycles. The zero-order valence-electron chi connectivity index (χ0n) is 12.2. The first-order chi connectivity index (χ1) is 9.95. The molecular weight excluding hydrogens is 279 g/mol. The second-order valence-corrected chi connectivity index (χ2v) is 5.95. The molecule has 1 aromatic heterocycles. The Morgan fingerprint density at radius 1 is 1.14 bits per heavy atom. The van der Waals surface area contributed by atoms with E-state index in [2.05, 4.69) is 14.8 Å². The van der Waals surface area contributed by atoms with Gasteiger partial charge in [0.05, 0.1) is 16.9 Å².